The van der Waals surface area contributed by atoms with Crippen LogP contribution in [0.3, 0.4) is 0 Å². The second-order valence-corrected chi connectivity index (χ2v) is 9.76. The van der Waals surface area contributed by atoms with E-state index in [0.717, 1.165) is 30.4 Å². The molecule has 0 unspecified atom stereocenters. The lowest BCUT2D eigenvalue weighted by atomic mass is 10.0. The summed E-state index contributed by atoms with van der Waals surface area (Å²) >= 11 is 0. The van der Waals surface area contributed by atoms with Crippen molar-refractivity contribution in [1.29, 1.82) is 0 Å². The van der Waals surface area contributed by atoms with Gasteiger partial charge in [-0.3, -0.25) is 18.9 Å². The van der Waals surface area contributed by atoms with Crippen LogP contribution in [0.25, 0.3) is 27.9 Å². The van der Waals surface area contributed by atoms with Gasteiger partial charge in [-0.2, -0.15) is 18.3 Å². The molecular formula is C25H27F3N6O2. The van der Waals surface area contributed by atoms with Crippen molar-refractivity contribution in [3.63, 3.8) is 0 Å². The first kappa shape index (κ1) is 24.2. The topological polar surface area (TPSA) is 88.5 Å². The number of aliphatic hydroxyl groups is 1. The normalized spacial score (nSPS) is 15.6. The van der Waals surface area contributed by atoms with Crippen LogP contribution in [0.5, 0.6) is 0 Å². The zero-order valence-corrected chi connectivity index (χ0v) is 20.1. The average Bonchev–Trinajstić information content (AvgIpc) is 3.25. The van der Waals surface area contributed by atoms with E-state index in [1.54, 1.807) is 41.5 Å². The predicted octanol–water partition coefficient (Wildman–Crippen LogP) is 4.55. The van der Waals surface area contributed by atoms with Crippen molar-refractivity contribution < 1.29 is 23.1 Å². The fourth-order valence-corrected chi connectivity index (χ4v) is 4.62. The summed E-state index contributed by atoms with van der Waals surface area (Å²) in [7, 11) is 0. The number of amides is 1. The molecule has 1 amide bonds. The summed E-state index contributed by atoms with van der Waals surface area (Å²) in [6.45, 7) is 3.19. The summed E-state index contributed by atoms with van der Waals surface area (Å²) in [6.07, 6.45) is 4.00. The lowest BCUT2D eigenvalue weighted by Gasteiger charge is -2.19. The maximum atomic E-state index is 13.5. The Morgan fingerprint density at radius 1 is 1.06 bits per heavy atom. The average molecular weight is 501 g/mol. The molecule has 1 N–H and O–H groups in total. The molecule has 1 fully saturated rings. The number of hydrogen-bond acceptors (Lipinski definition) is 5. The monoisotopic (exact) mass is 500 g/mol. The Kier molecular flexibility index (Phi) is 5.98. The maximum Gasteiger partial charge on any atom is 0.408 e. The summed E-state index contributed by atoms with van der Waals surface area (Å²) in [5.74, 6) is -0.287. The van der Waals surface area contributed by atoms with Crippen LogP contribution in [-0.2, 0) is 12.1 Å². The number of aromatic nitrogens is 5. The first-order valence-corrected chi connectivity index (χ1v) is 11.9. The number of alkyl halides is 3. The molecule has 36 heavy (non-hydrogen) atoms. The van der Waals surface area contributed by atoms with Crippen LogP contribution in [-0.4, -0.2) is 59.3 Å². The highest BCUT2D eigenvalue weighted by atomic mass is 19.4. The minimum atomic E-state index is -4.51. The van der Waals surface area contributed by atoms with Crippen molar-refractivity contribution >= 4 is 22.5 Å². The number of nitrogens with zero attached hydrogens (tertiary/aromatic N) is 6. The molecule has 8 nitrogen and oxygen atoms in total. The molecule has 5 heterocycles. The van der Waals surface area contributed by atoms with Crippen molar-refractivity contribution in [2.45, 2.75) is 57.9 Å². The molecule has 1 saturated heterocycles. The Balaban J connectivity index is 1.64. The minimum absolute atomic E-state index is 0.0988. The molecule has 4 aromatic heterocycles. The highest BCUT2D eigenvalue weighted by Crippen LogP contribution is 2.32. The second-order valence-electron chi connectivity index (χ2n) is 9.76. The smallest absolute Gasteiger partial charge is 0.386 e. The van der Waals surface area contributed by atoms with E-state index in [-0.39, 0.29) is 22.8 Å². The zero-order chi connectivity index (χ0) is 25.7. The summed E-state index contributed by atoms with van der Waals surface area (Å²) in [4.78, 5) is 23.5. The quantitative estimate of drug-likeness (QED) is 0.444. The van der Waals surface area contributed by atoms with Gasteiger partial charge in [-0.25, -0.2) is 4.98 Å². The number of fused-ring (bicyclic) bond motifs is 2. The number of imidazole rings is 1. The molecule has 1 aliphatic heterocycles. The minimum Gasteiger partial charge on any atom is -0.386 e. The lowest BCUT2D eigenvalue weighted by Crippen LogP contribution is -2.32. The van der Waals surface area contributed by atoms with Crippen molar-refractivity contribution in [2.24, 2.45) is 0 Å². The molecule has 0 spiro atoms. The largest absolute Gasteiger partial charge is 0.408 e. The van der Waals surface area contributed by atoms with Crippen LogP contribution in [0, 0.1) is 0 Å². The molecule has 5 rings (SSSR count). The second kappa shape index (κ2) is 8.88. The van der Waals surface area contributed by atoms with Crippen molar-refractivity contribution in [3.05, 3.63) is 48.0 Å². The molecule has 1 aliphatic rings. The van der Waals surface area contributed by atoms with Gasteiger partial charge in [0.15, 0.2) is 0 Å². The number of halogens is 3. The summed E-state index contributed by atoms with van der Waals surface area (Å²) in [6, 6.07) is 4.87. The van der Waals surface area contributed by atoms with Crippen LogP contribution >= 0.6 is 0 Å². The van der Waals surface area contributed by atoms with E-state index in [1.165, 1.54) is 18.5 Å². The van der Waals surface area contributed by atoms with Crippen molar-refractivity contribution in [3.8, 4) is 11.4 Å². The fourth-order valence-electron chi connectivity index (χ4n) is 4.62. The molecule has 0 bridgehead atoms. The zero-order valence-electron chi connectivity index (χ0n) is 20.1. The lowest BCUT2D eigenvalue weighted by molar-refractivity contribution is -0.141. The number of hydrogen-bond donors (Lipinski definition) is 1. The van der Waals surface area contributed by atoms with Gasteiger partial charge >= 0.3 is 6.18 Å². The molecule has 11 heteroatoms. The third-order valence-corrected chi connectivity index (χ3v) is 6.53. The molecule has 190 valence electrons. The van der Waals surface area contributed by atoms with E-state index in [0.29, 0.717) is 35.4 Å². The Labute approximate surface area is 205 Å². The van der Waals surface area contributed by atoms with Gasteiger partial charge in [-0.05, 0) is 44.4 Å². The van der Waals surface area contributed by atoms with E-state index in [1.807, 2.05) is 0 Å². The van der Waals surface area contributed by atoms with E-state index in [2.05, 4.69) is 15.1 Å². The first-order valence-electron chi connectivity index (χ1n) is 11.9. The standard InChI is InChI=1S/C25H27F3N6O2/c1-24(2,36)16-7-8-21-30-13-20(33(21)14-16)22-17-12-29-18(23(35)32-9-5-3-4-6-10-32)11-19(17)34(31-22)15-25(26,27)28/h7-8,11-14,36H,3-6,9-10,15H2,1-2H3. The highest BCUT2D eigenvalue weighted by Gasteiger charge is 2.31. The Morgan fingerprint density at radius 3 is 2.44 bits per heavy atom. The van der Waals surface area contributed by atoms with Crippen LogP contribution in [0.15, 0.2) is 36.8 Å². The molecule has 0 atom stereocenters. The number of rotatable bonds is 4. The molecular weight excluding hydrogens is 473 g/mol. The van der Waals surface area contributed by atoms with Gasteiger partial charge < -0.3 is 10.0 Å². The predicted molar refractivity (Wildman–Crippen MR) is 127 cm³/mol. The molecule has 0 saturated carbocycles. The first-order chi connectivity index (χ1) is 17.0. The number of carbonyl (C=O) groups is 1. The van der Waals surface area contributed by atoms with Gasteiger partial charge in [0.05, 0.1) is 23.0 Å². The van der Waals surface area contributed by atoms with E-state index < -0.39 is 18.3 Å². The van der Waals surface area contributed by atoms with Gasteiger partial charge in [0.1, 0.15) is 23.6 Å². The van der Waals surface area contributed by atoms with Gasteiger partial charge in [0.25, 0.3) is 5.91 Å². The number of pyridine rings is 2. The van der Waals surface area contributed by atoms with Crippen molar-refractivity contribution in [2.75, 3.05) is 13.1 Å². The third-order valence-electron chi connectivity index (χ3n) is 6.53. The van der Waals surface area contributed by atoms with Gasteiger partial charge in [0.2, 0.25) is 0 Å². The number of likely N-dealkylation sites (tertiary alicyclic amines) is 1. The maximum absolute atomic E-state index is 13.5. The van der Waals surface area contributed by atoms with Gasteiger partial charge in [-0.1, -0.05) is 18.9 Å². The summed E-state index contributed by atoms with van der Waals surface area (Å²) in [5.41, 5.74) is 1.02. The highest BCUT2D eigenvalue weighted by molar-refractivity contribution is 5.99. The van der Waals surface area contributed by atoms with Crippen LogP contribution in [0.4, 0.5) is 13.2 Å². The summed E-state index contributed by atoms with van der Waals surface area (Å²) in [5, 5.41) is 15.1. The van der Waals surface area contributed by atoms with Crippen molar-refractivity contribution in [1.82, 2.24) is 29.0 Å². The van der Waals surface area contributed by atoms with Crippen LogP contribution < -0.4 is 0 Å². The Morgan fingerprint density at radius 2 is 1.78 bits per heavy atom. The van der Waals surface area contributed by atoms with Gasteiger partial charge in [-0.15, -0.1) is 0 Å². The molecule has 0 aromatic carbocycles. The Hall–Kier alpha value is -3.47. The van der Waals surface area contributed by atoms with Crippen LogP contribution in [0.1, 0.15) is 55.6 Å². The van der Waals surface area contributed by atoms with Gasteiger partial charge in [0, 0.05) is 30.9 Å². The van der Waals surface area contributed by atoms with E-state index in [4.69, 9.17) is 0 Å². The SMILES string of the molecule is CC(C)(O)c1ccc2ncc(-c3nn(CC(F)(F)F)c4cc(C(=O)N5CCCCCC5)ncc34)n2c1. The third kappa shape index (κ3) is 4.67. The van der Waals surface area contributed by atoms with Crippen LogP contribution in [0.2, 0.25) is 0 Å². The fraction of sp³-hybridized carbons (Fsp3) is 0.440. The van der Waals surface area contributed by atoms with E-state index in [9.17, 15) is 23.1 Å². The Bertz CT molecular complexity index is 1430. The van der Waals surface area contributed by atoms with E-state index >= 15 is 0 Å². The summed E-state index contributed by atoms with van der Waals surface area (Å²) < 4.78 is 42.9. The molecule has 4 aromatic rings. The number of carbonyl (C=O) groups excluding carboxylic acids is 1. The molecule has 0 radical (unpaired) electrons. The molecule has 0 aliphatic carbocycles.